The van der Waals surface area contributed by atoms with Gasteiger partial charge in [-0.3, -0.25) is 0 Å². The van der Waals surface area contributed by atoms with Crippen LogP contribution >= 0.6 is 0 Å². The van der Waals surface area contributed by atoms with Gasteiger partial charge in [0.15, 0.2) is 0 Å². The Morgan fingerprint density at radius 2 is 2.00 bits per heavy atom. The van der Waals surface area contributed by atoms with Crippen LogP contribution in [0.3, 0.4) is 0 Å². The number of urea groups is 1. The van der Waals surface area contributed by atoms with Crippen LogP contribution in [0, 0.1) is 0 Å². The number of carbonyl (C=O) groups is 1. The van der Waals surface area contributed by atoms with Crippen molar-refractivity contribution in [3.05, 3.63) is 23.9 Å². The number of rotatable bonds is 3. The molecule has 0 bridgehead atoms. The number of pyridine rings is 1. The Balaban J connectivity index is 1.51. The molecule has 0 radical (unpaired) electrons. The Morgan fingerprint density at radius 1 is 1.30 bits per heavy atom. The molecule has 2 heterocycles. The third kappa shape index (κ3) is 3.68. The van der Waals surface area contributed by atoms with Crippen LogP contribution in [0.1, 0.15) is 31.2 Å². The first-order valence-electron chi connectivity index (χ1n) is 7.68. The van der Waals surface area contributed by atoms with Crippen molar-refractivity contribution in [1.82, 2.24) is 15.2 Å². The van der Waals surface area contributed by atoms with E-state index in [1.165, 1.54) is 12.3 Å². The van der Waals surface area contributed by atoms with E-state index in [-0.39, 0.29) is 25.2 Å². The summed E-state index contributed by atoms with van der Waals surface area (Å²) in [6.45, 7) is 0.541. The van der Waals surface area contributed by atoms with Gasteiger partial charge in [0.1, 0.15) is 11.7 Å². The van der Waals surface area contributed by atoms with E-state index in [4.69, 9.17) is 4.74 Å². The summed E-state index contributed by atoms with van der Waals surface area (Å²) < 4.78 is 43.9. The highest BCUT2D eigenvalue weighted by atomic mass is 19.4. The maximum absolute atomic E-state index is 12.9. The van der Waals surface area contributed by atoms with E-state index < -0.39 is 23.7 Å². The lowest BCUT2D eigenvalue weighted by molar-refractivity contribution is -0.140. The predicted molar refractivity (Wildman–Crippen MR) is 76.0 cm³/mol. The largest absolute Gasteiger partial charge is 0.470 e. The summed E-state index contributed by atoms with van der Waals surface area (Å²) in [5, 5.41) is 2.94. The third-order valence-corrected chi connectivity index (χ3v) is 4.17. The van der Waals surface area contributed by atoms with E-state index in [9.17, 15) is 18.0 Å². The second kappa shape index (κ2) is 6.25. The number of likely N-dealkylation sites (tertiary alicyclic amines) is 1. The van der Waals surface area contributed by atoms with Crippen LogP contribution in [0.5, 0.6) is 5.88 Å². The van der Waals surface area contributed by atoms with E-state index in [0.717, 1.165) is 31.7 Å². The fourth-order valence-electron chi connectivity index (χ4n) is 2.87. The summed E-state index contributed by atoms with van der Waals surface area (Å²) in [6.07, 6.45) is 0.513. The van der Waals surface area contributed by atoms with Crippen LogP contribution in [0.2, 0.25) is 0 Å². The number of hydrogen-bond acceptors (Lipinski definition) is 3. The monoisotopic (exact) mass is 329 g/mol. The van der Waals surface area contributed by atoms with Gasteiger partial charge in [-0.2, -0.15) is 13.2 Å². The predicted octanol–water partition coefficient (Wildman–Crippen LogP) is 2.82. The summed E-state index contributed by atoms with van der Waals surface area (Å²) in [4.78, 5) is 17.2. The van der Waals surface area contributed by atoms with Crippen LogP contribution in [-0.4, -0.2) is 41.2 Å². The molecule has 1 aromatic heterocycles. The molecule has 0 aromatic carbocycles. The Morgan fingerprint density at radius 3 is 2.65 bits per heavy atom. The molecule has 5 nitrogen and oxygen atoms in total. The van der Waals surface area contributed by atoms with Gasteiger partial charge in [-0.05, 0) is 25.0 Å². The molecule has 1 aromatic rings. The molecule has 3 rings (SSSR count). The lowest BCUT2D eigenvalue weighted by Crippen LogP contribution is -2.60. The second-order valence-corrected chi connectivity index (χ2v) is 5.93. The molecule has 23 heavy (non-hydrogen) atoms. The highest BCUT2D eigenvalue weighted by molar-refractivity contribution is 5.75. The highest BCUT2D eigenvalue weighted by Gasteiger charge is 2.38. The SMILES string of the molecule is O=C(NC1CCCC1)N1CC(Oc2ncccc2C(F)(F)F)C1. The van der Waals surface area contributed by atoms with Crippen molar-refractivity contribution in [2.45, 2.75) is 44.0 Å². The van der Waals surface area contributed by atoms with Crippen LogP contribution in [0.4, 0.5) is 18.0 Å². The minimum atomic E-state index is -4.51. The topological polar surface area (TPSA) is 54.5 Å². The minimum absolute atomic E-state index is 0.172. The zero-order valence-electron chi connectivity index (χ0n) is 12.5. The molecule has 0 spiro atoms. The van der Waals surface area contributed by atoms with Crippen molar-refractivity contribution in [3.8, 4) is 5.88 Å². The fraction of sp³-hybridized carbons (Fsp3) is 0.600. The number of carbonyl (C=O) groups excluding carboxylic acids is 1. The molecule has 0 atom stereocenters. The number of nitrogens with zero attached hydrogens (tertiary/aromatic N) is 2. The maximum atomic E-state index is 12.9. The quantitative estimate of drug-likeness (QED) is 0.928. The standard InChI is InChI=1S/C15H18F3N3O2/c16-15(17,18)12-6-3-7-19-13(12)23-11-8-21(9-11)14(22)20-10-4-1-2-5-10/h3,6-7,10-11H,1-2,4-5,8-9H2,(H,20,22). The molecule has 1 saturated heterocycles. The van der Waals surface area contributed by atoms with Gasteiger partial charge in [0, 0.05) is 12.2 Å². The number of nitrogens with one attached hydrogen (secondary N) is 1. The zero-order valence-corrected chi connectivity index (χ0v) is 12.5. The first kappa shape index (κ1) is 15.9. The van der Waals surface area contributed by atoms with Gasteiger partial charge in [0.25, 0.3) is 0 Å². The van der Waals surface area contributed by atoms with Crippen molar-refractivity contribution in [2.75, 3.05) is 13.1 Å². The Bertz CT molecular complexity index is 567. The highest BCUT2D eigenvalue weighted by Crippen LogP contribution is 2.35. The smallest absolute Gasteiger partial charge is 0.421 e. The van der Waals surface area contributed by atoms with Gasteiger partial charge in [-0.15, -0.1) is 0 Å². The van der Waals surface area contributed by atoms with Crippen LogP contribution in [0.15, 0.2) is 18.3 Å². The van der Waals surface area contributed by atoms with E-state index in [0.29, 0.717) is 0 Å². The van der Waals surface area contributed by atoms with Crippen LogP contribution in [0.25, 0.3) is 0 Å². The van der Waals surface area contributed by atoms with Crippen molar-refractivity contribution in [3.63, 3.8) is 0 Å². The molecule has 8 heteroatoms. The summed E-state index contributed by atoms with van der Waals surface area (Å²) in [6, 6.07) is 2.20. The Labute approximate surface area is 131 Å². The third-order valence-electron chi connectivity index (χ3n) is 4.17. The van der Waals surface area contributed by atoms with E-state index in [1.54, 1.807) is 4.90 Å². The maximum Gasteiger partial charge on any atom is 0.421 e. The number of halogens is 3. The number of amides is 2. The van der Waals surface area contributed by atoms with Gasteiger partial charge in [0.05, 0.1) is 13.1 Å². The summed E-state index contributed by atoms with van der Waals surface area (Å²) in [5.74, 6) is -0.430. The molecule has 2 fully saturated rings. The van der Waals surface area contributed by atoms with Crippen molar-refractivity contribution in [1.29, 1.82) is 0 Å². The number of hydrogen-bond donors (Lipinski definition) is 1. The average Bonchev–Trinajstić information content (AvgIpc) is 2.94. The van der Waals surface area contributed by atoms with E-state index in [2.05, 4.69) is 10.3 Å². The van der Waals surface area contributed by atoms with Crippen LogP contribution < -0.4 is 10.1 Å². The molecule has 1 aliphatic heterocycles. The Hall–Kier alpha value is -1.99. The fourth-order valence-corrected chi connectivity index (χ4v) is 2.87. The summed E-state index contributed by atoms with van der Waals surface area (Å²) in [5.41, 5.74) is -0.895. The number of ether oxygens (including phenoxy) is 1. The first-order chi connectivity index (χ1) is 10.9. The molecule has 2 amide bonds. The molecule has 1 aliphatic carbocycles. The van der Waals surface area contributed by atoms with E-state index in [1.807, 2.05) is 0 Å². The molecular formula is C15H18F3N3O2. The minimum Gasteiger partial charge on any atom is -0.470 e. The van der Waals surface area contributed by atoms with Crippen molar-refractivity contribution < 1.29 is 22.7 Å². The van der Waals surface area contributed by atoms with Crippen molar-refractivity contribution >= 4 is 6.03 Å². The lowest BCUT2D eigenvalue weighted by Gasteiger charge is -2.39. The molecular weight excluding hydrogens is 311 g/mol. The second-order valence-electron chi connectivity index (χ2n) is 5.93. The van der Waals surface area contributed by atoms with Gasteiger partial charge in [0.2, 0.25) is 5.88 Å². The normalized spacial score (nSPS) is 19.5. The van der Waals surface area contributed by atoms with Crippen LogP contribution in [-0.2, 0) is 6.18 Å². The summed E-state index contributed by atoms with van der Waals surface area (Å²) in [7, 11) is 0. The van der Waals surface area contributed by atoms with E-state index >= 15 is 0 Å². The average molecular weight is 329 g/mol. The first-order valence-corrected chi connectivity index (χ1v) is 7.68. The lowest BCUT2D eigenvalue weighted by atomic mass is 10.1. The van der Waals surface area contributed by atoms with Gasteiger partial charge in [-0.25, -0.2) is 9.78 Å². The van der Waals surface area contributed by atoms with Gasteiger partial charge >= 0.3 is 12.2 Å². The molecule has 1 saturated carbocycles. The summed E-state index contributed by atoms with van der Waals surface area (Å²) >= 11 is 0. The van der Waals surface area contributed by atoms with Crippen molar-refractivity contribution in [2.24, 2.45) is 0 Å². The molecule has 2 aliphatic rings. The molecule has 126 valence electrons. The Kier molecular flexibility index (Phi) is 4.32. The molecule has 1 N–H and O–H groups in total. The van der Waals surface area contributed by atoms with Gasteiger partial charge < -0.3 is 15.0 Å². The number of alkyl halides is 3. The number of aromatic nitrogens is 1. The molecule has 0 unspecified atom stereocenters. The van der Waals surface area contributed by atoms with Gasteiger partial charge in [-0.1, -0.05) is 12.8 Å². The zero-order chi connectivity index (χ0) is 16.4.